The molecule has 0 bridgehead atoms. The fourth-order valence-corrected chi connectivity index (χ4v) is 1.78. The summed E-state index contributed by atoms with van der Waals surface area (Å²) in [6.45, 7) is -3.15. The van der Waals surface area contributed by atoms with Crippen molar-refractivity contribution in [3.05, 3.63) is 53.8 Å². The largest absolute Gasteiger partial charge is 0.435 e. The second kappa shape index (κ2) is 5.67. The first-order valence-electron chi connectivity index (χ1n) is 5.69. The Balaban J connectivity index is 2.44. The highest BCUT2D eigenvalue weighted by Crippen LogP contribution is 2.33. The summed E-state index contributed by atoms with van der Waals surface area (Å²) in [5.41, 5.74) is -0.860. The van der Waals surface area contributed by atoms with Gasteiger partial charge in [0.05, 0.1) is 5.56 Å². The van der Waals surface area contributed by atoms with Crippen LogP contribution in [0.2, 0.25) is 0 Å². The molecule has 0 aliphatic rings. The number of alkyl halides is 5. The van der Waals surface area contributed by atoms with Gasteiger partial charge in [-0.15, -0.1) is 0 Å². The molecule has 21 heavy (non-hydrogen) atoms. The quantitative estimate of drug-likeness (QED) is 0.716. The molecule has 0 saturated heterocycles. The summed E-state index contributed by atoms with van der Waals surface area (Å²) in [4.78, 5) is 0. The summed E-state index contributed by atoms with van der Waals surface area (Å²) < 4.78 is 79.5. The fraction of sp³-hybridized carbons (Fsp3) is 0.143. The van der Waals surface area contributed by atoms with Crippen LogP contribution in [-0.2, 0) is 6.18 Å². The van der Waals surface area contributed by atoms with Crippen molar-refractivity contribution in [2.45, 2.75) is 12.8 Å². The summed E-state index contributed by atoms with van der Waals surface area (Å²) >= 11 is 0. The van der Waals surface area contributed by atoms with Gasteiger partial charge in [-0.3, -0.25) is 0 Å². The van der Waals surface area contributed by atoms with Gasteiger partial charge < -0.3 is 4.74 Å². The van der Waals surface area contributed by atoms with Gasteiger partial charge >= 0.3 is 12.8 Å². The van der Waals surface area contributed by atoms with E-state index in [0.717, 1.165) is 36.4 Å². The standard InChI is InChI=1S/C14H8F6O/c15-11-5-9(6-12(7-11)21-13(16)17)8-2-1-3-10(4-8)14(18,19)20/h1-7,13H. The van der Waals surface area contributed by atoms with Crippen molar-refractivity contribution in [3.8, 4) is 16.9 Å². The minimum Gasteiger partial charge on any atom is -0.435 e. The molecule has 0 spiro atoms. The fourth-order valence-electron chi connectivity index (χ4n) is 1.78. The van der Waals surface area contributed by atoms with Gasteiger partial charge in [0.15, 0.2) is 0 Å². The maximum Gasteiger partial charge on any atom is 0.416 e. The molecule has 0 aliphatic carbocycles. The Bertz CT molecular complexity index is 636. The third kappa shape index (κ3) is 3.90. The number of rotatable bonds is 3. The van der Waals surface area contributed by atoms with Crippen LogP contribution in [0.5, 0.6) is 5.75 Å². The SMILES string of the molecule is Fc1cc(OC(F)F)cc(-c2cccc(C(F)(F)F)c2)c1. The summed E-state index contributed by atoms with van der Waals surface area (Å²) in [6, 6.07) is 6.84. The first-order valence-corrected chi connectivity index (χ1v) is 5.69. The van der Waals surface area contributed by atoms with Gasteiger partial charge in [-0.05, 0) is 35.4 Å². The van der Waals surface area contributed by atoms with E-state index in [1.807, 2.05) is 0 Å². The molecule has 2 rings (SSSR count). The van der Waals surface area contributed by atoms with Crippen LogP contribution < -0.4 is 4.74 Å². The van der Waals surface area contributed by atoms with Gasteiger partial charge in [0.1, 0.15) is 11.6 Å². The molecule has 0 unspecified atom stereocenters. The average Bonchev–Trinajstić information content (AvgIpc) is 2.36. The maximum atomic E-state index is 13.4. The zero-order valence-electron chi connectivity index (χ0n) is 10.3. The van der Waals surface area contributed by atoms with E-state index in [9.17, 15) is 26.3 Å². The molecule has 0 heterocycles. The average molecular weight is 306 g/mol. The molecule has 1 nitrogen and oxygen atoms in total. The van der Waals surface area contributed by atoms with Gasteiger partial charge in [0, 0.05) is 6.07 Å². The monoisotopic (exact) mass is 306 g/mol. The van der Waals surface area contributed by atoms with E-state index in [2.05, 4.69) is 4.74 Å². The molecule has 112 valence electrons. The van der Waals surface area contributed by atoms with E-state index in [4.69, 9.17) is 0 Å². The van der Waals surface area contributed by atoms with E-state index in [1.54, 1.807) is 0 Å². The highest BCUT2D eigenvalue weighted by Gasteiger charge is 2.30. The van der Waals surface area contributed by atoms with Crippen LogP contribution in [0.25, 0.3) is 11.1 Å². The highest BCUT2D eigenvalue weighted by molar-refractivity contribution is 5.66. The third-order valence-electron chi connectivity index (χ3n) is 2.62. The van der Waals surface area contributed by atoms with Gasteiger partial charge in [-0.25, -0.2) is 4.39 Å². The van der Waals surface area contributed by atoms with E-state index in [-0.39, 0.29) is 11.1 Å². The van der Waals surface area contributed by atoms with Crippen LogP contribution in [0.3, 0.4) is 0 Å². The lowest BCUT2D eigenvalue weighted by atomic mass is 10.0. The van der Waals surface area contributed by atoms with Crippen molar-refractivity contribution < 1.29 is 31.1 Å². The molecule has 2 aromatic carbocycles. The lowest BCUT2D eigenvalue weighted by Gasteiger charge is -2.10. The van der Waals surface area contributed by atoms with Crippen molar-refractivity contribution in [3.63, 3.8) is 0 Å². The molecule has 0 saturated carbocycles. The van der Waals surface area contributed by atoms with Gasteiger partial charge in [-0.2, -0.15) is 22.0 Å². The summed E-state index contributed by atoms with van der Waals surface area (Å²) in [5.74, 6) is -1.35. The van der Waals surface area contributed by atoms with Crippen molar-refractivity contribution in [2.24, 2.45) is 0 Å². The second-order valence-corrected chi connectivity index (χ2v) is 4.13. The minimum absolute atomic E-state index is 0.0109. The number of hydrogen-bond acceptors (Lipinski definition) is 1. The molecule has 0 radical (unpaired) electrons. The molecule has 0 N–H and O–H groups in total. The number of hydrogen-bond donors (Lipinski definition) is 0. The predicted molar refractivity (Wildman–Crippen MR) is 63.5 cm³/mol. The molecule has 0 aliphatic heterocycles. The van der Waals surface area contributed by atoms with E-state index < -0.39 is 29.9 Å². The van der Waals surface area contributed by atoms with Crippen molar-refractivity contribution in [2.75, 3.05) is 0 Å². The van der Waals surface area contributed by atoms with Gasteiger partial charge in [0.2, 0.25) is 0 Å². The molecule has 0 amide bonds. The highest BCUT2D eigenvalue weighted by atomic mass is 19.4. The maximum absolute atomic E-state index is 13.4. The topological polar surface area (TPSA) is 9.23 Å². The van der Waals surface area contributed by atoms with Gasteiger partial charge in [0.25, 0.3) is 0 Å². The Labute approximate surface area is 115 Å². The van der Waals surface area contributed by atoms with Crippen LogP contribution >= 0.6 is 0 Å². The summed E-state index contributed by atoms with van der Waals surface area (Å²) in [5, 5.41) is 0. The number of ether oxygens (including phenoxy) is 1. The number of halogens is 6. The summed E-state index contributed by atoms with van der Waals surface area (Å²) in [6.07, 6.45) is -4.55. The first-order chi connectivity index (χ1) is 9.75. The van der Waals surface area contributed by atoms with Crippen molar-refractivity contribution in [1.82, 2.24) is 0 Å². The zero-order valence-corrected chi connectivity index (χ0v) is 10.3. The van der Waals surface area contributed by atoms with Crippen LogP contribution in [0.4, 0.5) is 26.3 Å². The van der Waals surface area contributed by atoms with E-state index >= 15 is 0 Å². The normalized spacial score (nSPS) is 11.8. The van der Waals surface area contributed by atoms with E-state index in [0.29, 0.717) is 0 Å². The minimum atomic E-state index is -4.55. The molecule has 0 fully saturated rings. The van der Waals surface area contributed by atoms with Crippen LogP contribution in [-0.4, -0.2) is 6.61 Å². The van der Waals surface area contributed by atoms with Crippen LogP contribution in [0.15, 0.2) is 42.5 Å². The smallest absolute Gasteiger partial charge is 0.416 e. The zero-order chi connectivity index (χ0) is 15.6. The molecule has 7 heteroatoms. The third-order valence-corrected chi connectivity index (χ3v) is 2.62. The lowest BCUT2D eigenvalue weighted by Crippen LogP contribution is -2.04. The molecule has 0 aromatic heterocycles. The van der Waals surface area contributed by atoms with Crippen molar-refractivity contribution in [1.29, 1.82) is 0 Å². The van der Waals surface area contributed by atoms with Crippen LogP contribution in [0.1, 0.15) is 5.56 Å². The second-order valence-electron chi connectivity index (χ2n) is 4.13. The predicted octanol–water partition coefficient (Wildman–Crippen LogP) is 5.11. The van der Waals surface area contributed by atoms with E-state index in [1.165, 1.54) is 6.07 Å². The molecular formula is C14H8F6O. The van der Waals surface area contributed by atoms with Gasteiger partial charge in [-0.1, -0.05) is 12.1 Å². The Hall–Kier alpha value is -2.18. The van der Waals surface area contributed by atoms with Crippen molar-refractivity contribution >= 4 is 0 Å². The van der Waals surface area contributed by atoms with Crippen LogP contribution in [0, 0.1) is 5.82 Å². The Morgan fingerprint density at radius 2 is 1.62 bits per heavy atom. The summed E-state index contributed by atoms with van der Waals surface area (Å²) in [7, 11) is 0. The molecule has 2 aromatic rings. The Morgan fingerprint density at radius 1 is 0.905 bits per heavy atom. The number of benzene rings is 2. The Kier molecular flexibility index (Phi) is 4.11. The lowest BCUT2D eigenvalue weighted by molar-refractivity contribution is -0.137. The molecular weight excluding hydrogens is 298 g/mol. The Morgan fingerprint density at radius 3 is 2.24 bits per heavy atom. The molecule has 0 atom stereocenters. The first kappa shape index (κ1) is 15.2.